The van der Waals surface area contributed by atoms with E-state index in [0.29, 0.717) is 16.5 Å². The molecule has 2 aromatic carbocycles. The maximum absolute atomic E-state index is 12.6. The number of aryl methyl sites for hydroxylation is 2. The number of hydrogen-bond donors (Lipinski definition) is 0. The van der Waals surface area contributed by atoms with E-state index < -0.39 is 12.1 Å². The summed E-state index contributed by atoms with van der Waals surface area (Å²) in [6, 6.07) is 16.3. The molecule has 0 aliphatic carbocycles. The normalized spacial score (nSPS) is 12.0. The molecule has 1 heterocycles. The molecule has 0 saturated heterocycles. The number of nitrogens with zero attached hydrogens (tertiary/aromatic N) is 1. The van der Waals surface area contributed by atoms with Gasteiger partial charge in [-0.15, -0.1) is 0 Å². The monoisotopic (exact) mass is 333 g/mol. The summed E-state index contributed by atoms with van der Waals surface area (Å²) in [5.74, 6) is -0.738. The molecule has 25 heavy (non-hydrogen) atoms. The average molecular weight is 333 g/mol. The molecule has 3 rings (SSSR count). The topological polar surface area (TPSA) is 56.3 Å². The number of hydrogen-bond acceptors (Lipinski definition) is 4. The largest absolute Gasteiger partial charge is 0.451 e. The second kappa shape index (κ2) is 6.85. The molecule has 3 aromatic rings. The molecule has 0 unspecified atom stereocenters. The van der Waals surface area contributed by atoms with Crippen LogP contribution in [0.1, 0.15) is 38.9 Å². The highest BCUT2D eigenvalue weighted by Gasteiger charge is 2.22. The SMILES string of the molecule is Cc1ccc(C(=O)[C@H](C)OC(=O)c2cc(C)nc3ccccc23)cc1. The van der Waals surface area contributed by atoms with E-state index in [2.05, 4.69) is 4.98 Å². The van der Waals surface area contributed by atoms with E-state index in [0.717, 1.165) is 16.8 Å². The Hall–Kier alpha value is -3.01. The van der Waals surface area contributed by atoms with Gasteiger partial charge in [0, 0.05) is 16.6 Å². The van der Waals surface area contributed by atoms with Gasteiger partial charge < -0.3 is 4.74 Å². The van der Waals surface area contributed by atoms with Crippen LogP contribution in [0, 0.1) is 13.8 Å². The van der Waals surface area contributed by atoms with E-state index in [4.69, 9.17) is 4.74 Å². The minimum atomic E-state index is -0.859. The Morgan fingerprint density at radius 3 is 2.40 bits per heavy atom. The van der Waals surface area contributed by atoms with Gasteiger partial charge in [-0.1, -0.05) is 48.0 Å². The van der Waals surface area contributed by atoms with E-state index in [-0.39, 0.29) is 5.78 Å². The summed E-state index contributed by atoms with van der Waals surface area (Å²) in [6.45, 7) is 5.37. The zero-order valence-electron chi connectivity index (χ0n) is 14.4. The molecule has 0 aliphatic rings. The summed E-state index contributed by atoms with van der Waals surface area (Å²) in [6.07, 6.45) is -0.859. The van der Waals surface area contributed by atoms with Crippen molar-refractivity contribution in [2.24, 2.45) is 0 Å². The molecule has 0 fully saturated rings. The number of ether oxygens (including phenoxy) is 1. The number of fused-ring (bicyclic) bond motifs is 1. The van der Waals surface area contributed by atoms with Gasteiger partial charge in [0.2, 0.25) is 5.78 Å². The van der Waals surface area contributed by atoms with Gasteiger partial charge in [0.05, 0.1) is 11.1 Å². The van der Waals surface area contributed by atoms with Crippen molar-refractivity contribution in [3.8, 4) is 0 Å². The number of carbonyl (C=O) groups is 2. The van der Waals surface area contributed by atoms with Gasteiger partial charge in [-0.05, 0) is 32.9 Å². The zero-order chi connectivity index (χ0) is 18.0. The fraction of sp³-hybridized carbons (Fsp3) is 0.190. The number of ketones is 1. The number of Topliss-reactive ketones (excluding diaryl/α,β-unsaturated/α-hetero) is 1. The lowest BCUT2D eigenvalue weighted by atomic mass is 10.1. The first-order chi connectivity index (χ1) is 12.0. The molecule has 4 heteroatoms. The second-order valence-electron chi connectivity index (χ2n) is 6.11. The maximum atomic E-state index is 12.6. The van der Waals surface area contributed by atoms with Crippen LogP contribution in [0.15, 0.2) is 54.6 Å². The highest BCUT2D eigenvalue weighted by atomic mass is 16.5. The van der Waals surface area contributed by atoms with Gasteiger partial charge in [0.15, 0.2) is 6.10 Å². The van der Waals surface area contributed by atoms with Crippen molar-refractivity contribution in [3.05, 3.63) is 77.0 Å². The highest BCUT2D eigenvalue weighted by Crippen LogP contribution is 2.20. The Kier molecular flexibility index (Phi) is 4.61. The first-order valence-corrected chi connectivity index (χ1v) is 8.14. The third-order valence-electron chi connectivity index (χ3n) is 4.05. The summed E-state index contributed by atoms with van der Waals surface area (Å²) < 4.78 is 5.43. The third-order valence-corrected chi connectivity index (χ3v) is 4.05. The molecule has 0 radical (unpaired) electrons. The Labute approximate surface area is 146 Å². The van der Waals surface area contributed by atoms with Crippen LogP contribution in [0.2, 0.25) is 0 Å². The minimum Gasteiger partial charge on any atom is -0.451 e. The van der Waals surface area contributed by atoms with Crippen molar-refractivity contribution < 1.29 is 14.3 Å². The van der Waals surface area contributed by atoms with Crippen LogP contribution in [-0.4, -0.2) is 22.8 Å². The van der Waals surface area contributed by atoms with Gasteiger partial charge in [-0.25, -0.2) is 4.79 Å². The van der Waals surface area contributed by atoms with Crippen LogP contribution >= 0.6 is 0 Å². The minimum absolute atomic E-state index is 0.219. The molecule has 0 amide bonds. The molecule has 0 N–H and O–H groups in total. The quantitative estimate of drug-likeness (QED) is 0.528. The molecular weight excluding hydrogens is 314 g/mol. The van der Waals surface area contributed by atoms with Crippen molar-refractivity contribution in [1.82, 2.24) is 4.98 Å². The summed E-state index contributed by atoms with van der Waals surface area (Å²) in [5.41, 5.74) is 3.48. The second-order valence-corrected chi connectivity index (χ2v) is 6.11. The third kappa shape index (κ3) is 3.58. The molecule has 0 bridgehead atoms. The van der Waals surface area contributed by atoms with E-state index in [9.17, 15) is 9.59 Å². The molecule has 1 atom stereocenters. The fourth-order valence-electron chi connectivity index (χ4n) is 2.71. The number of rotatable bonds is 4. The van der Waals surface area contributed by atoms with Crippen molar-refractivity contribution >= 4 is 22.7 Å². The van der Waals surface area contributed by atoms with E-state index in [1.54, 1.807) is 25.1 Å². The molecule has 0 spiro atoms. The van der Waals surface area contributed by atoms with Gasteiger partial charge >= 0.3 is 5.97 Å². The lowest BCUT2D eigenvalue weighted by Crippen LogP contribution is -2.24. The fourth-order valence-corrected chi connectivity index (χ4v) is 2.71. The first kappa shape index (κ1) is 16.8. The van der Waals surface area contributed by atoms with Crippen molar-refractivity contribution in [3.63, 3.8) is 0 Å². The lowest BCUT2D eigenvalue weighted by Gasteiger charge is -2.14. The Balaban J connectivity index is 1.85. The Bertz CT molecular complexity index is 945. The van der Waals surface area contributed by atoms with Gasteiger partial charge in [0.25, 0.3) is 0 Å². The van der Waals surface area contributed by atoms with Gasteiger partial charge in [-0.3, -0.25) is 9.78 Å². The number of carbonyl (C=O) groups excluding carboxylic acids is 2. The van der Waals surface area contributed by atoms with Crippen LogP contribution in [0.4, 0.5) is 0 Å². The first-order valence-electron chi connectivity index (χ1n) is 8.14. The van der Waals surface area contributed by atoms with Crippen LogP contribution in [-0.2, 0) is 4.74 Å². The molecule has 0 aliphatic heterocycles. The van der Waals surface area contributed by atoms with Gasteiger partial charge in [0.1, 0.15) is 0 Å². The summed E-state index contributed by atoms with van der Waals surface area (Å²) in [4.78, 5) is 29.5. The standard InChI is InChI=1S/C21H19NO3/c1-13-8-10-16(11-9-13)20(23)15(3)25-21(24)18-12-14(2)22-19-7-5-4-6-17(18)19/h4-12,15H,1-3H3/t15-/m0/s1. The molecule has 4 nitrogen and oxygen atoms in total. The predicted octanol–water partition coefficient (Wildman–Crippen LogP) is 4.28. The van der Waals surface area contributed by atoms with E-state index in [1.807, 2.05) is 50.2 Å². The molecule has 1 aromatic heterocycles. The van der Waals surface area contributed by atoms with Crippen molar-refractivity contribution in [2.45, 2.75) is 26.9 Å². The van der Waals surface area contributed by atoms with Crippen molar-refractivity contribution in [1.29, 1.82) is 0 Å². The summed E-state index contributed by atoms with van der Waals surface area (Å²) >= 11 is 0. The average Bonchev–Trinajstić information content (AvgIpc) is 2.60. The predicted molar refractivity (Wildman–Crippen MR) is 96.9 cm³/mol. The van der Waals surface area contributed by atoms with E-state index >= 15 is 0 Å². The lowest BCUT2D eigenvalue weighted by molar-refractivity contribution is 0.0320. The zero-order valence-corrected chi connectivity index (χ0v) is 14.4. The number of esters is 1. The van der Waals surface area contributed by atoms with Crippen molar-refractivity contribution in [2.75, 3.05) is 0 Å². The maximum Gasteiger partial charge on any atom is 0.339 e. The summed E-state index contributed by atoms with van der Waals surface area (Å²) in [5, 5.41) is 0.716. The number of benzene rings is 2. The highest BCUT2D eigenvalue weighted by molar-refractivity contribution is 6.06. The molecular formula is C21H19NO3. The molecule has 0 saturated carbocycles. The summed E-state index contributed by atoms with van der Waals surface area (Å²) in [7, 11) is 0. The van der Waals surface area contributed by atoms with Crippen LogP contribution < -0.4 is 0 Å². The van der Waals surface area contributed by atoms with Crippen LogP contribution in [0.25, 0.3) is 10.9 Å². The number of pyridine rings is 1. The molecule has 126 valence electrons. The van der Waals surface area contributed by atoms with Gasteiger partial charge in [-0.2, -0.15) is 0 Å². The van der Waals surface area contributed by atoms with Crippen LogP contribution in [0.5, 0.6) is 0 Å². The number of aromatic nitrogens is 1. The smallest absolute Gasteiger partial charge is 0.339 e. The number of para-hydroxylation sites is 1. The van der Waals surface area contributed by atoms with E-state index in [1.165, 1.54) is 0 Å². The van der Waals surface area contributed by atoms with Crippen LogP contribution in [0.3, 0.4) is 0 Å². The Morgan fingerprint density at radius 2 is 1.68 bits per heavy atom. The Morgan fingerprint density at radius 1 is 1.00 bits per heavy atom.